The molecule has 3 rings (SSSR count). The van der Waals surface area contributed by atoms with Crippen LogP contribution in [0.3, 0.4) is 0 Å². The monoisotopic (exact) mass is 259 g/mol. The van der Waals surface area contributed by atoms with Gasteiger partial charge in [0.25, 0.3) is 0 Å². The van der Waals surface area contributed by atoms with Gasteiger partial charge in [-0.3, -0.25) is 4.90 Å². The SMILES string of the molecule is c1ccc(CN2CCNC(CN3CCCC3)C2)cc1. The van der Waals surface area contributed by atoms with Crippen LogP contribution in [0.2, 0.25) is 0 Å². The molecule has 1 N–H and O–H groups in total. The Morgan fingerprint density at radius 3 is 2.58 bits per heavy atom. The number of benzene rings is 1. The van der Waals surface area contributed by atoms with Crippen LogP contribution in [-0.4, -0.2) is 55.1 Å². The van der Waals surface area contributed by atoms with Crippen molar-refractivity contribution in [2.75, 3.05) is 39.3 Å². The fraction of sp³-hybridized carbons (Fsp3) is 0.625. The lowest BCUT2D eigenvalue weighted by Crippen LogP contribution is -2.54. The van der Waals surface area contributed by atoms with Gasteiger partial charge in [-0.15, -0.1) is 0 Å². The van der Waals surface area contributed by atoms with E-state index in [1.165, 1.54) is 51.1 Å². The summed E-state index contributed by atoms with van der Waals surface area (Å²) in [4.78, 5) is 5.20. The maximum atomic E-state index is 3.68. The predicted octanol–water partition coefficient (Wildman–Crippen LogP) is 1.56. The summed E-state index contributed by atoms with van der Waals surface area (Å²) in [6.45, 7) is 8.42. The average Bonchev–Trinajstić information content (AvgIpc) is 2.93. The van der Waals surface area contributed by atoms with Gasteiger partial charge in [-0.25, -0.2) is 0 Å². The van der Waals surface area contributed by atoms with E-state index >= 15 is 0 Å². The lowest BCUT2D eigenvalue weighted by Gasteiger charge is -2.35. The van der Waals surface area contributed by atoms with Gasteiger partial charge in [-0.1, -0.05) is 30.3 Å². The Bertz CT molecular complexity index is 373. The van der Waals surface area contributed by atoms with E-state index in [1.54, 1.807) is 0 Å². The lowest BCUT2D eigenvalue weighted by atomic mass is 10.1. The van der Waals surface area contributed by atoms with Gasteiger partial charge in [-0.05, 0) is 31.5 Å². The van der Waals surface area contributed by atoms with E-state index in [9.17, 15) is 0 Å². The van der Waals surface area contributed by atoms with Crippen molar-refractivity contribution in [2.24, 2.45) is 0 Å². The number of piperazine rings is 1. The van der Waals surface area contributed by atoms with E-state index < -0.39 is 0 Å². The van der Waals surface area contributed by atoms with Crippen LogP contribution < -0.4 is 5.32 Å². The number of nitrogens with zero attached hydrogens (tertiary/aromatic N) is 2. The maximum absolute atomic E-state index is 3.68. The highest BCUT2D eigenvalue weighted by molar-refractivity contribution is 5.14. The van der Waals surface area contributed by atoms with Crippen molar-refractivity contribution >= 4 is 0 Å². The van der Waals surface area contributed by atoms with Gasteiger partial charge in [-0.2, -0.15) is 0 Å². The van der Waals surface area contributed by atoms with Crippen LogP contribution in [0.4, 0.5) is 0 Å². The molecule has 0 radical (unpaired) electrons. The lowest BCUT2D eigenvalue weighted by molar-refractivity contribution is 0.164. The molecule has 0 bridgehead atoms. The van der Waals surface area contributed by atoms with Gasteiger partial charge < -0.3 is 10.2 Å². The Hall–Kier alpha value is -0.900. The van der Waals surface area contributed by atoms with Crippen molar-refractivity contribution in [1.29, 1.82) is 0 Å². The first-order chi connectivity index (χ1) is 9.40. The second-order valence-corrected chi connectivity index (χ2v) is 5.88. The Morgan fingerprint density at radius 1 is 1.00 bits per heavy atom. The highest BCUT2D eigenvalue weighted by Gasteiger charge is 2.22. The molecule has 0 aromatic heterocycles. The quantitative estimate of drug-likeness (QED) is 0.885. The van der Waals surface area contributed by atoms with Crippen LogP contribution in [0.1, 0.15) is 18.4 Å². The summed E-state index contributed by atoms with van der Waals surface area (Å²) in [7, 11) is 0. The topological polar surface area (TPSA) is 18.5 Å². The Balaban J connectivity index is 1.50. The molecule has 3 nitrogen and oxygen atoms in total. The third-order valence-electron chi connectivity index (χ3n) is 4.27. The van der Waals surface area contributed by atoms with Crippen molar-refractivity contribution in [3.8, 4) is 0 Å². The number of likely N-dealkylation sites (tertiary alicyclic amines) is 1. The molecule has 0 aliphatic carbocycles. The Labute approximate surface area is 116 Å². The molecule has 0 amide bonds. The molecular formula is C16H25N3. The third kappa shape index (κ3) is 3.78. The van der Waals surface area contributed by atoms with Crippen LogP contribution in [0.15, 0.2) is 30.3 Å². The molecule has 2 saturated heterocycles. The zero-order chi connectivity index (χ0) is 12.9. The zero-order valence-corrected chi connectivity index (χ0v) is 11.7. The first-order valence-electron chi connectivity index (χ1n) is 7.62. The molecule has 1 aromatic rings. The second kappa shape index (κ2) is 6.51. The molecule has 2 aliphatic heterocycles. The minimum Gasteiger partial charge on any atom is -0.310 e. The minimum absolute atomic E-state index is 0.649. The average molecular weight is 259 g/mol. The van der Waals surface area contributed by atoms with Crippen molar-refractivity contribution in [1.82, 2.24) is 15.1 Å². The first-order valence-corrected chi connectivity index (χ1v) is 7.62. The molecule has 2 aliphatic rings. The fourth-order valence-electron chi connectivity index (χ4n) is 3.28. The summed E-state index contributed by atoms with van der Waals surface area (Å²) in [5.41, 5.74) is 1.43. The van der Waals surface area contributed by atoms with E-state index in [1.807, 2.05) is 0 Å². The van der Waals surface area contributed by atoms with E-state index in [-0.39, 0.29) is 0 Å². The van der Waals surface area contributed by atoms with Crippen molar-refractivity contribution in [2.45, 2.75) is 25.4 Å². The molecule has 2 fully saturated rings. The molecule has 1 atom stereocenters. The second-order valence-electron chi connectivity index (χ2n) is 5.88. The number of nitrogens with one attached hydrogen (secondary N) is 1. The van der Waals surface area contributed by atoms with Crippen molar-refractivity contribution in [3.63, 3.8) is 0 Å². The maximum Gasteiger partial charge on any atom is 0.0323 e. The largest absolute Gasteiger partial charge is 0.310 e. The van der Waals surface area contributed by atoms with Crippen LogP contribution in [0.25, 0.3) is 0 Å². The fourth-order valence-corrected chi connectivity index (χ4v) is 3.28. The van der Waals surface area contributed by atoms with Gasteiger partial charge >= 0.3 is 0 Å². The molecule has 2 heterocycles. The Kier molecular flexibility index (Phi) is 4.49. The highest BCUT2D eigenvalue weighted by atomic mass is 15.2. The van der Waals surface area contributed by atoms with E-state index in [0.717, 1.165) is 13.1 Å². The standard InChI is InChI=1S/C16H25N3/c1-2-6-15(7-3-1)12-19-11-8-17-16(14-19)13-18-9-4-5-10-18/h1-3,6-7,16-17H,4-5,8-14H2. The van der Waals surface area contributed by atoms with Gasteiger partial charge in [0.1, 0.15) is 0 Å². The molecule has 19 heavy (non-hydrogen) atoms. The minimum atomic E-state index is 0.649. The van der Waals surface area contributed by atoms with E-state index in [2.05, 4.69) is 45.4 Å². The van der Waals surface area contributed by atoms with E-state index in [4.69, 9.17) is 0 Å². The number of hydrogen-bond donors (Lipinski definition) is 1. The van der Waals surface area contributed by atoms with Gasteiger partial charge in [0.15, 0.2) is 0 Å². The van der Waals surface area contributed by atoms with Crippen LogP contribution in [0, 0.1) is 0 Å². The molecule has 0 spiro atoms. The van der Waals surface area contributed by atoms with Crippen LogP contribution >= 0.6 is 0 Å². The van der Waals surface area contributed by atoms with E-state index in [0.29, 0.717) is 6.04 Å². The smallest absolute Gasteiger partial charge is 0.0323 e. The van der Waals surface area contributed by atoms with Crippen molar-refractivity contribution < 1.29 is 0 Å². The van der Waals surface area contributed by atoms with Crippen molar-refractivity contribution in [3.05, 3.63) is 35.9 Å². The first kappa shape index (κ1) is 13.1. The third-order valence-corrected chi connectivity index (χ3v) is 4.27. The molecule has 104 valence electrons. The number of hydrogen-bond acceptors (Lipinski definition) is 3. The predicted molar refractivity (Wildman–Crippen MR) is 79.2 cm³/mol. The summed E-state index contributed by atoms with van der Waals surface area (Å²) in [5.74, 6) is 0. The summed E-state index contributed by atoms with van der Waals surface area (Å²) in [5, 5.41) is 3.68. The molecular weight excluding hydrogens is 234 g/mol. The number of rotatable bonds is 4. The highest BCUT2D eigenvalue weighted by Crippen LogP contribution is 2.11. The summed E-state index contributed by atoms with van der Waals surface area (Å²) < 4.78 is 0. The zero-order valence-electron chi connectivity index (χ0n) is 11.7. The van der Waals surface area contributed by atoms with Crippen LogP contribution in [-0.2, 0) is 6.54 Å². The summed E-state index contributed by atoms with van der Waals surface area (Å²) in [6, 6.07) is 11.5. The van der Waals surface area contributed by atoms with Gasteiger partial charge in [0.2, 0.25) is 0 Å². The Morgan fingerprint density at radius 2 is 1.79 bits per heavy atom. The molecule has 1 aromatic carbocycles. The summed E-state index contributed by atoms with van der Waals surface area (Å²) >= 11 is 0. The van der Waals surface area contributed by atoms with Gasteiger partial charge in [0.05, 0.1) is 0 Å². The normalized spacial score (nSPS) is 25.8. The van der Waals surface area contributed by atoms with Crippen LogP contribution in [0.5, 0.6) is 0 Å². The molecule has 1 unspecified atom stereocenters. The van der Waals surface area contributed by atoms with Gasteiger partial charge in [0, 0.05) is 38.8 Å². The molecule has 3 heteroatoms. The molecule has 0 saturated carbocycles. The summed E-state index contributed by atoms with van der Waals surface area (Å²) in [6.07, 6.45) is 2.78.